The maximum Gasteiger partial charge on any atom is 0.305 e. The third-order valence-electron chi connectivity index (χ3n) is 3.85. The van der Waals surface area contributed by atoms with Crippen LogP contribution in [0.1, 0.15) is 37.9 Å². The number of hydrogen-bond acceptors (Lipinski definition) is 6. The van der Waals surface area contributed by atoms with Crippen LogP contribution < -0.4 is 10.2 Å². The van der Waals surface area contributed by atoms with E-state index in [0.717, 1.165) is 25.7 Å². The Balaban J connectivity index is 1.98. The lowest BCUT2D eigenvalue weighted by molar-refractivity contribution is -0.140. The van der Waals surface area contributed by atoms with Gasteiger partial charge in [0.2, 0.25) is 0 Å². The molecule has 130 valence electrons. The highest BCUT2D eigenvalue weighted by molar-refractivity contribution is 5.84. The van der Waals surface area contributed by atoms with Crippen LogP contribution >= 0.6 is 0 Å². The average Bonchev–Trinajstić information content (AvgIpc) is 2.56. The average molecular weight is 334 g/mol. The van der Waals surface area contributed by atoms with Crippen molar-refractivity contribution in [2.24, 2.45) is 0 Å². The van der Waals surface area contributed by atoms with E-state index in [2.05, 4.69) is 4.74 Å². The van der Waals surface area contributed by atoms with Gasteiger partial charge in [-0.3, -0.25) is 9.59 Å². The number of aryl methyl sites for hydroxylation is 1. The molecule has 0 saturated heterocycles. The van der Waals surface area contributed by atoms with Crippen LogP contribution in [0.5, 0.6) is 11.5 Å². The molecular weight excluding hydrogens is 312 g/mol. The maximum atomic E-state index is 12.2. The SMILES string of the molecule is COC(=O)CCCCCCc1cc(=O)c2c(O)cc(OC)cc2o1. The van der Waals surface area contributed by atoms with E-state index in [1.807, 2.05) is 0 Å². The molecule has 0 aliphatic rings. The zero-order valence-electron chi connectivity index (χ0n) is 14.0. The van der Waals surface area contributed by atoms with Crippen LogP contribution in [0.2, 0.25) is 0 Å². The van der Waals surface area contributed by atoms with Gasteiger partial charge in [0.05, 0.1) is 14.2 Å². The number of esters is 1. The quantitative estimate of drug-likeness (QED) is 0.589. The molecule has 0 amide bonds. The van der Waals surface area contributed by atoms with Crippen molar-refractivity contribution in [3.05, 3.63) is 34.2 Å². The Morgan fingerprint density at radius 2 is 1.88 bits per heavy atom. The van der Waals surface area contributed by atoms with Gasteiger partial charge in [0.25, 0.3) is 0 Å². The molecule has 1 heterocycles. The molecule has 1 N–H and O–H groups in total. The van der Waals surface area contributed by atoms with Gasteiger partial charge in [0.15, 0.2) is 5.43 Å². The largest absolute Gasteiger partial charge is 0.507 e. The van der Waals surface area contributed by atoms with Gasteiger partial charge >= 0.3 is 5.97 Å². The maximum absolute atomic E-state index is 12.2. The number of methoxy groups -OCH3 is 2. The molecular formula is C18H22O6. The van der Waals surface area contributed by atoms with Gasteiger partial charge in [-0.15, -0.1) is 0 Å². The number of ether oxygens (including phenoxy) is 2. The molecule has 0 aliphatic heterocycles. The standard InChI is InChI=1S/C18H22O6/c1-22-13-10-15(20)18-14(19)9-12(24-16(18)11-13)7-5-3-4-6-8-17(21)23-2/h9-11,20H,3-8H2,1-2H3. The fourth-order valence-corrected chi connectivity index (χ4v) is 2.56. The predicted molar refractivity (Wildman–Crippen MR) is 89.5 cm³/mol. The van der Waals surface area contributed by atoms with Gasteiger partial charge in [-0.25, -0.2) is 0 Å². The van der Waals surface area contributed by atoms with Crippen molar-refractivity contribution < 1.29 is 23.8 Å². The van der Waals surface area contributed by atoms with Crippen molar-refractivity contribution in [1.82, 2.24) is 0 Å². The second-order valence-electron chi connectivity index (χ2n) is 5.59. The molecule has 0 radical (unpaired) electrons. The van der Waals surface area contributed by atoms with Gasteiger partial charge < -0.3 is 19.0 Å². The molecule has 6 heteroatoms. The summed E-state index contributed by atoms with van der Waals surface area (Å²) in [6, 6.07) is 4.40. The van der Waals surface area contributed by atoms with Crippen LogP contribution in [0.25, 0.3) is 11.0 Å². The third-order valence-corrected chi connectivity index (χ3v) is 3.85. The predicted octanol–water partition coefficient (Wildman–Crippen LogP) is 3.17. The lowest BCUT2D eigenvalue weighted by Gasteiger charge is -2.07. The molecule has 0 unspecified atom stereocenters. The minimum Gasteiger partial charge on any atom is -0.507 e. The number of aromatic hydroxyl groups is 1. The molecule has 2 rings (SSSR count). The van der Waals surface area contributed by atoms with Crippen LogP contribution in [0.3, 0.4) is 0 Å². The van der Waals surface area contributed by atoms with Crippen molar-refractivity contribution in [2.45, 2.75) is 38.5 Å². The van der Waals surface area contributed by atoms with Gasteiger partial charge in [0, 0.05) is 31.0 Å². The molecule has 1 aromatic heterocycles. The highest BCUT2D eigenvalue weighted by atomic mass is 16.5. The molecule has 0 aliphatic carbocycles. The number of unbranched alkanes of at least 4 members (excludes halogenated alkanes) is 3. The number of rotatable bonds is 8. The number of benzene rings is 1. The summed E-state index contributed by atoms with van der Waals surface area (Å²) in [6.07, 6.45) is 4.55. The van der Waals surface area contributed by atoms with Crippen LogP contribution in [0.4, 0.5) is 0 Å². The highest BCUT2D eigenvalue weighted by Gasteiger charge is 2.11. The molecule has 0 fully saturated rings. The number of phenolic OH excluding ortho intramolecular Hbond substituents is 1. The van der Waals surface area contributed by atoms with Crippen LogP contribution in [-0.2, 0) is 16.0 Å². The fraction of sp³-hybridized carbons (Fsp3) is 0.444. The number of fused-ring (bicyclic) bond motifs is 1. The summed E-state index contributed by atoms with van der Waals surface area (Å²) in [5, 5.41) is 10.1. The van der Waals surface area contributed by atoms with E-state index in [1.165, 1.54) is 26.4 Å². The summed E-state index contributed by atoms with van der Waals surface area (Å²) in [6.45, 7) is 0. The van der Waals surface area contributed by atoms with E-state index in [-0.39, 0.29) is 22.5 Å². The number of hydrogen-bond donors (Lipinski definition) is 1. The summed E-state index contributed by atoms with van der Waals surface area (Å²) in [4.78, 5) is 23.2. The van der Waals surface area contributed by atoms with Crippen molar-refractivity contribution in [2.75, 3.05) is 14.2 Å². The lowest BCUT2D eigenvalue weighted by Crippen LogP contribution is -2.03. The van der Waals surface area contributed by atoms with Gasteiger partial charge in [-0.1, -0.05) is 12.8 Å². The minimum absolute atomic E-state index is 0.146. The zero-order valence-corrected chi connectivity index (χ0v) is 14.0. The molecule has 0 bridgehead atoms. The first kappa shape index (κ1) is 17.8. The number of carbonyl (C=O) groups excluding carboxylic acids is 1. The Morgan fingerprint density at radius 1 is 1.12 bits per heavy atom. The van der Waals surface area contributed by atoms with Crippen LogP contribution in [0.15, 0.2) is 27.4 Å². The van der Waals surface area contributed by atoms with Gasteiger partial charge in [-0.05, 0) is 12.8 Å². The first-order valence-corrected chi connectivity index (χ1v) is 7.95. The molecule has 0 atom stereocenters. The number of carbonyl (C=O) groups is 1. The van der Waals surface area contributed by atoms with Crippen molar-refractivity contribution in [3.8, 4) is 11.5 Å². The van der Waals surface area contributed by atoms with Gasteiger partial charge in [0.1, 0.15) is 28.2 Å². The van der Waals surface area contributed by atoms with Crippen molar-refractivity contribution >= 4 is 16.9 Å². The Kier molecular flexibility index (Phi) is 6.23. The van der Waals surface area contributed by atoms with Crippen molar-refractivity contribution in [3.63, 3.8) is 0 Å². The lowest BCUT2D eigenvalue weighted by atomic mass is 10.1. The summed E-state index contributed by atoms with van der Waals surface area (Å²) in [5.74, 6) is 0.674. The van der Waals surface area contributed by atoms with Crippen LogP contribution in [-0.4, -0.2) is 25.3 Å². The molecule has 24 heavy (non-hydrogen) atoms. The molecule has 0 spiro atoms. The van der Waals surface area contributed by atoms with E-state index in [0.29, 0.717) is 29.9 Å². The summed E-state index contributed by atoms with van der Waals surface area (Å²) in [7, 11) is 2.87. The first-order chi connectivity index (χ1) is 11.5. The Labute approximate surface area is 140 Å². The molecule has 6 nitrogen and oxygen atoms in total. The van der Waals surface area contributed by atoms with E-state index in [1.54, 1.807) is 6.07 Å². The summed E-state index contributed by atoms with van der Waals surface area (Å²) in [5.41, 5.74) is 0.0529. The Bertz CT molecular complexity index is 762. The fourth-order valence-electron chi connectivity index (χ4n) is 2.56. The van der Waals surface area contributed by atoms with E-state index < -0.39 is 0 Å². The normalized spacial score (nSPS) is 10.8. The summed E-state index contributed by atoms with van der Waals surface area (Å²) < 4.78 is 15.4. The van der Waals surface area contributed by atoms with E-state index in [9.17, 15) is 14.7 Å². The minimum atomic E-state index is -0.267. The Hall–Kier alpha value is -2.50. The summed E-state index contributed by atoms with van der Waals surface area (Å²) >= 11 is 0. The highest BCUT2D eigenvalue weighted by Crippen LogP contribution is 2.28. The zero-order chi connectivity index (χ0) is 17.5. The van der Waals surface area contributed by atoms with E-state index in [4.69, 9.17) is 9.15 Å². The first-order valence-electron chi connectivity index (χ1n) is 7.95. The molecule has 1 aromatic carbocycles. The van der Waals surface area contributed by atoms with Gasteiger partial charge in [-0.2, -0.15) is 0 Å². The molecule has 0 saturated carbocycles. The molecule has 2 aromatic rings. The van der Waals surface area contributed by atoms with Crippen molar-refractivity contribution in [1.29, 1.82) is 0 Å². The van der Waals surface area contributed by atoms with E-state index >= 15 is 0 Å². The third kappa shape index (κ3) is 4.50. The smallest absolute Gasteiger partial charge is 0.305 e. The second-order valence-corrected chi connectivity index (χ2v) is 5.59. The van der Waals surface area contributed by atoms with Crippen LogP contribution in [0, 0.1) is 0 Å². The topological polar surface area (TPSA) is 86.0 Å². The Morgan fingerprint density at radius 3 is 2.58 bits per heavy atom. The number of phenols is 1. The monoisotopic (exact) mass is 334 g/mol. The second kappa shape index (κ2) is 8.38.